The van der Waals surface area contributed by atoms with E-state index in [0.717, 1.165) is 31.2 Å². The maximum Gasteiger partial charge on any atom is 0.238 e. The number of amides is 1. The van der Waals surface area contributed by atoms with Crippen LogP contribution in [-0.2, 0) is 11.4 Å². The first-order valence-electron chi connectivity index (χ1n) is 7.44. The lowest BCUT2D eigenvalue weighted by Crippen LogP contribution is -2.56. The van der Waals surface area contributed by atoms with E-state index >= 15 is 0 Å². The van der Waals surface area contributed by atoms with Crippen molar-refractivity contribution in [3.8, 4) is 5.75 Å². The van der Waals surface area contributed by atoms with E-state index in [1.807, 2.05) is 24.3 Å². The number of benzene rings is 1. The normalized spacial score (nSPS) is 25.0. The first-order valence-corrected chi connectivity index (χ1v) is 7.44. The molecule has 1 aromatic rings. The fourth-order valence-electron chi connectivity index (χ4n) is 3.33. The van der Waals surface area contributed by atoms with E-state index in [0.29, 0.717) is 12.4 Å². The summed E-state index contributed by atoms with van der Waals surface area (Å²) in [5.41, 5.74) is 5.77. The number of para-hydroxylation sites is 1. The third-order valence-electron chi connectivity index (χ3n) is 4.57. The van der Waals surface area contributed by atoms with Crippen LogP contribution in [0.5, 0.6) is 5.75 Å². The molecule has 1 aromatic carbocycles. The minimum absolute atomic E-state index is 0.0403. The van der Waals surface area contributed by atoms with Crippen LogP contribution in [0.3, 0.4) is 0 Å². The first kappa shape index (κ1) is 15.8. The smallest absolute Gasteiger partial charge is 0.238 e. The van der Waals surface area contributed by atoms with Crippen molar-refractivity contribution >= 4 is 5.91 Å². The van der Waals surface area contributed by atoms with Gasteiger partial charge in [-0.25, -0.2) is 0 Å². The Kier molecular flexibility index (Phi) is 5.20. The molecule has 116 valence electrons. The standard InChI is InChI=1S/C16H24N2O3/c1-18-16(15(17)20)9-4-6-13(16)8-10-21-14-7-3-2-5-12(14)11-19/h2-3,5,7,13,18-19H,4,6,8-11H2,1H3,(H2,17,20). The largest absolute Gasteiger partial charge is 0.493 e. The molecule has 0 radical (unpaired) electrons. The molecule has 5 heteroatoms. The van der Waals surface area contributed by atoms with Crippen molar-refractivity contribution in [2.24, 2.45) is 11.7 Å². The zero-order valence-electron chi connectivity index (χ0n) is 12.5. The van der Waals surface area contributed by atoms with Crippen LogP contribution >= 0.6 is 0 Å². The Bertz CT molecular complexity index is 492. The molecule has 1 aliphatic rings. The highest BCUT2D eigenvalue weighted by atomic mass is 16.5. The molecule has 0 aliphatic heterocycles. The first-order chi connectivity index (χ1) is 10.1. The van der Waals surface area contributed by atoms with E-state index in [2.05, 4.69) is 5.32 Å². The summed E-state index contributed by atoms with van der Waals surface area (Å²) >= 11 is 0. The van der Waals surface area contributed by atoms with Crippen molar-refractivity contribution in [3.63, 3.8) is 0 Å². The predicted octanol–water partition coefficient (Wildman–Crippen LogP) is 1.19. The van der Waals surface area contributed by atoms with Crippen molar-refractivity contribution in [2.75, 3.05) is 13.7 Å². The van der Waals surface area contributed by atoms with Gasteiger partial charge in [0.25, 0.3) is 0 Å². The SMILES string of the molecule is CNC1(C(N)=O)CCCC1CCOc1ccccc1CO. The number of rotatable bonds is 7. The van der Waals surface area contributed by atoms with E-state index in [1.165, 1.54) is 0 Å². The van der Waals surface area contributed by atoms with E-state index in [9.17, 15) is 9.90 Å². The Morgan fingerprint density at radius 2 is 2.29 bits per heavy atom. The Labute approximate surface area is 125 Å². The van der Waals surface area contributed by atoms with E-state index in [1.54, 1.807) is 7.05 Å². The fourth-order valence-corrected chi connectivity index (χ4v) is 3.33. The summed E-state index contributed by atoms with van der Waals surface area (Å²) in [6.45, 7) is 0.472. The van der Waals surface area contributed by atoms with Crippen LogP contribution in [0.4, 0.5) is 0 Å². The van der Waals surface area contributed by atoms with Crippen LogP contribution < -0.4 is 15.8 Å². The summed E-state index contributed by atoms with van der Waals surface area (Å²) in [6.07, 6.45) is 3.54. The highest BCUT2D eigenvalue weighted by Gasteiger charge is 2.46. The van der Waals surface area contributed by atoms with Crippen LogP contribution in [0.15, 0.2) is 24.3 Å². The Morgan fingerprint density at radius 1 is 1.52 bits per heavy atom. The number of hydrogen-bond donors (Lipinski definition) is 3. The van der Waals surface area contributed by atoms with E-state index in [4.69, 9.17) is 10.5 Å². The molecule has 0 saturated heterocycles. The zero-order valence-corrected chi connectivity index (χ0v) is 12.5. The van der Waals surface area contributed by atoms with Gasteiger partial charge in [0, 0.05) is 5.56 Å². The molecule has 1 fully saturated rings. The molecule has 0 bridgehead atoms. The number of ether oxygens (including phenoxy) is 1. The lowest BCUT2D eigenvalue weighted by atomic mass is 9.84. The lowest BCUT2D eigenvalue weighted by molar-refractivity contribution is -0.125. The molecule has 0 heterocycles. The van der Waals surface area contributed by atoms with Gasteiger partial charge in [0.15, 0.2) is 0 Å². The highest BCUT2D eigenvalue weighted by Crippen LogP contribution is 2.37. The summed E-state index contributed by atoms with van der Waals surface area (Å²) in [5.74, 6) is 0.622. The Morgan fingerprint density at radius 3 is 2.95 bits per heavy atom. The molecular formula is C16H24N2O3. The van der Waals surface area contributed by atoms with Crippen LogP contribution in [0.25, 0.3) is 0 Å². The Balaban J connectivity index is 1.95. The molecule has 1 saturated carbocycles. The quantitative estimate of drug-likeness (QED) is 0.705. The van der Waals surface area contributed by atoms with Gasteiger partial charge in [0.1, 0.15) is 11.3 Å². The molecule has 1 aliphatic carbocycles. The second kappa shape index (κ2) is 6.91. The number of aliphatic hydroxyl groups is 1. The van der Waals surface area contributed by atoms with Crippen molar-refractivity contribution in [2.45, 2.75) is 37.8 Å². The zero-order chi connectivity index (χ0) is 15.3. The van der Waals surface area contributed by atoms with Crippen LogP contribution in [-0.4, -0.2) is 30.2 Å². The molecule has 2 rings (SSSR count). The molecule has 1 amide bonds. The maximum absolute atomic E-state index is 11.8. The summed E-state index contributed by atoms with van der Waals surface area (Å²) in [5, 5.41) is 12.4. The van der Waals surface area contributed by atoms with Gasteiger partial charge in [-0.3, -0.25) is 4.79 Å². The van der Waals surface area contributed by atoms with Gasteiger partial charge in [0.2, 0.25) is 5.91 Å². The molecular weight excluding hydrogens is 268 g/mol. The number of nitrogens with one attached hydrogen (secondary N) is 1. The number of likely N-dealkylation sites (N-methyl/N-ethyl adjacent to an activating group) is 1. The van der Waals surface area contributed by atoms with Gasteiger partial charge in [0.05, 0.1) is 13.2 Å². The van der Waals surface area contributed by atoms with Gasteiger partial charge >= 0.3 is 0 Å². The highest BCUT2D eigenvalue weighted by molar-refractivity contribution is 5.85. The number of primary amides is 1. The summed E-state index contributed by atoms with van der Waals surface area (Å²) in [4.78, 5) is 11.8. The lowest BCUT2D eigenvalue weighted by Gasteiger charge is -2.32. The van der Waals surface area contributed by atoms with Crippen molar-refractivity contribution in [1.29, 1.82) is 0 Å². The molecule has 4 N–H and O–H groups in total. The minimum Gasteiger partial charge on any atom is -0.493 e. The van der Waals surface area contributed by atoms with Gasteiger partial charge in [-0.15, -0.1) is 0 Å². The third-order valence-corrected chi connectivity index (χ3v) is 4.57. The molecule has 2 unspecified atom stereocenters. The van der Waals surface area contributed by atoms with Crippen LogP contribution in [0.1, 0.15) is 31.2 Å². The van der Waals surface area contributed by atoms with Crippen LogP contribution in [0.2, 0.25) is 0 Å². The van der Waals surface area contributed by atoms with Gasteiger partial charge in [-0.05, 0) is 38.3 Å². The van der Waals surface area contributed by atoms with Gasteiger partial charge < -0.3 is 20.9 Å². The topological polar surface area (TPSA) is 84.6 Å². The van der Waals surface area contributed by atoms with E-state index in [-0.39, 0.29) is 18.4 Å². The monoisotopic (exact) mass is 292 g/mol. The average molecular weight is 292 g/mol. The number of carbonyl (C=O) groups is 1. The van der Waals surface area contributed by atoms with Crippen molar-refractivity contribution in [3.05, 3.63) is 29.8 Å². The molecule has 5 nitrogen and oxygen atoms in total. The molecule has 21 heavy (non-hydrogen) atoms. The Hall–Kier alpha value is -1.59. The number of nitrogens with two attached hydrogens (primary N) is 1. The molecule has 2 atom stereocenters. The average Bonchev–Trinajstić information content (AvgIpc) is 2.92. The second-order valence-corrected chi connectivity index (χ2v) is 5.58. The third kappa shape index (κ3) is 3.19. The fraction of sp³-hybridized carbons (Fsp3) is 0.562. The van der Waals surface area contributed by atoms with Crippen LogP contribution in [0, 0.1) is 5.92 Å². The van der Waals surface area contributed by atoms with Crippen molar-refractivity contribution < 1.29 is 14.6 Å². The minimum atomic E-state index is -0.597. The number of aliphatic hydroxyl groups excluding tert-OH is 1. The summed E-state index contributed by atoms with van der Waals surface area (Å²) < 4.78 is 5.77. The van der Waals surface area contributed by atoms with Crippen molar-refractivity contribution in [1.82, 2.24) is 5.32 Å². The van der Waals surface area contributed by atoms with Gasteiger partial charge in [-0.2, -0.15) is 0 Å². The van der Waals surface area contributed by atoms with Gasteiger partial charge in [-0.1, -0.05) is 24.6 Å². The summed E-state index contributed by atoms with van der Waals surface area (Å²) in [7, 11) is 1.80. The predicted molar refractivity (Wildman–Crippen MR) is 80.8 cm³/mol. The second-order valence-electron chi connectivity index (χ2n) is 5.58. The van der Waals surface area contributed by atoms with E-state index < -0.39 is 5.54 Å². The number of hydrogen-bond acceptors (Lipinski definition) is 4. The number of carbonyl (C=O) groups excluding carboxylic acids is 1. The summed E-state index contributed by atoms with van der Waals surface area (Å²) in [6, 6.07) is 7.44. The molecule has 0 aromatic heterocycles. The maximum atomic E-state index is 11.8. The molecule has 0 spiro atoms.